The number of hydrogen-bond acceptors (Lipinski definition) is 11. The summed E-state index contributed by atoms with van der Waals surface area (Å²) in [5.74, 6) is -0.822. The Balaban J connectivity index is 1.68. The van der Waals surface area contributed by atoms with Gasteiger partial charge in [-0.15, -0.1) is 0 Å². The van der Waals surface area contributed by atoms with E-state index in [1.54, 1.807) is 24.3 Å². The molecule has 1 aromatic carbocycles. The van der Waals surface area contributed by atoms with Crippen LogP contribution in [0.2, 0.25) is 0 Å². The van der Waals surface area contributed by atoms with E-state index in [0.717, 1.165) is 6.08 Å². The Bertz CT molecular complexity index is 684. The molecule has 0 heterocycles. The fraction of sp³-hybridized carbons (Fsp3) is 0.615. The number of rotatable bonds is 26. The molecule has 11 nitrogen and oxygen atoms in total. The molecule has 11 heteroatoms. The molecular formula is C26H40O11. The molecule has 0 unspecified atom stereocenters. The SMILES string of the molecule is C=CC(=O)OCCOCCOCCOCCOCCOCCOCCOCCOC(=O)c1ccccc1. The number of ether oxygens (including phenoxy) is 9. The minimum Gasteiger partial charge on any atom is -0.460 e. The van der Waals surface area contributed by atoms with Crippen molar-refractivity contribution in [3.05, 3.63) is 48.6 Å². The van der Waals surface area contributed by atoms with Crippen LogP contribution in [0.5, 0.6) is 0 Å². The predicted octanol–water partition coefficient (Wildman–Crippen LogP) is 1.69. The van der Waals surface area contributed by atoms with Gasteiger partial charge in [-0.1, -0.05) is 24.8 Å². The van der Waals surface area contributed by atoms with Crippen LogP contribution in [0.3, 0.4) is 0 Å². The van der Waals surface area contributed by atoms with E-state index < -0.39 is 5.97 Å². The van der Waals surface area contributed by atoms with Gasteiger partial charge >= 0.3 is 11.9 Å². The second-order valence-corrected chi connectivity index (χ2v) is 7.16. The van der Waals surface area contributed by atoms with E-state index in [1.165, 1.54) is 0 Å². The summed E-state index contributed by atoms with van der Waals surface area (Å²) in [6.07, 6.45) is 1.11. The van der Waals surface area contributed by atoms with E-state index >= 15 is 0 Å². The van der Waals surface area contributed by atoms with E-state index in [0.29, 0.717) is 98.1 Å². The molecule has 0 atom stereocenters. The first-order chi connectivity index (χ1) is 18.2. The molecule has 0 aliphatic carbocycles. The fourth-order valence-electron chi connectivity index (χ4n) is 2.53. The Morgan fingerprint density at radius 2 is 0.838 bits per heavy atom. The molecule has 0 saturated carbocycles. The lowest BCUT2D eigenvalue weighted by atomic mass is 10.2. The normalized spacial score (nSPS) is 10.8. The summed E-state index contributed by atoms with van der Waals surface area (Å²) < 4.78 is 47.5. The quantitative estimate of drug-likeness (QED) is 0.0993. The molecule has 0 aromatic heterocycles. The van der Waals surface area contributed by atoms with Crippen LogP contribution in [-0.4, -0.2) is 118 Å². The lowest BCUT2D eigenvalue weighted by molar-refractivity contribution is -0.139. The number of hydrogen-bond donors (Lipinski definition) is 0. The summed E-state index contributed by atoms with van der Waals surface area (Å²) >= 11 is 0. The third kappa shape index (κ3) is 21.4. The highest BCUT2D eigenvalue weighted by Gasteiger charge is 2.05. The van der Waals surface area contributed by atoms with Crippen molar-refractivity contribution >= 4 is 11.9 Å². The van der Waals surface area contributed by atoms with Gasteiger partial charge in [0, 0.05) is 6.08 Å². The summed E-state index contributed by atoms with van der Waals surface area (Å²) in [4.78, 5) is 22.5. The number of benzene rings is 1. The van der Waals surface area contributed by atoms with Gasteiger partial charge in [0.1, 0.15) is 13.2 Å². The molecule has 1 rings (SSSR count). The van der Waals surface area contributed by atoms with Crippen molar-refractivity contribution in [2.75, 3.05) is 106 Å². The molecule has 210 valence electrons. The maximum Gasteiger partial charge on any atom is 0.338 e. The summed E-state index contributed by atoms with van der Waals surface area (Å²) in [7, 11) is 0. The first-order valence-corrected chi connectivity index (χ1v) is 12.3. The van der Waals surface area contributed by atoms with Gasteiger partial charge in [-0.2, -0.15) is 0 Å². The molecule has 0 fully saturated rings. The van der Waals surface area contributed by atoms with Gasteiger partial charge in [-0.25, -0.2) is 9.59 Å². The molecular weight excluding hydrogens is 488 g/mol. The Morgan fingerprint density at radius 3 is 1.19 bits per heavy atom. The lowest BCUT2D eigenvalue weighted by Gasteiger charge is -2.09. The molecule has 0 radical (unpaired) electrons. The van der Waals surface area contributed by atoms with E-state index in [4.69, 9.17) is 42.6 Å². The van der Waals surface area contributed by atoms with Gasteiger partial charge in [-0.3, -0.25) is 0 Å². The van der Waals surface area contributed by atoms with Crippen LogP contribution < -0.4 is 0 Å². The zero-order valence-corrected chi connectivity index (χ0v) is 21.5. The van der Waals surface area contributed by atoms with Crippen LogP contribution in [0.25, 0.3) is 0 Å². The summed E-state index contributed by atoms with van der Waals surface area (Å²) in [5.41, 5.74) is 0.522. The average Bonchev–Trinajstić information content (AvgIpc) is 2.93. The van der Waals surface area contributed by atoms with Crippen LogP contribution in [0, 0.1) is 0 Å². The second-order valence-electron chi connectivity index (χ2n) is 7.16. The molecule has 0 aliphatic rings. The first-order valence-electron chi connectivity index (χ1n) is 12.3. The largest absolute Gasteiger partial charge is 0.460 e. The summed E-state index contributed by atoms with van der Waals surface area (Å²) in [5, 5.41) is 0. The fourth-order valence-corrected chi connectivity index (χ4v) is 2.53. The zero-order valence-electron chi connectivity index (χ0n) is 21.5. The van der Waals surface area contributed by atoms with Crippen molar-refractivity contribution < 1.29 is 52.2 Å². The number of carbonyl (C=O) groups excluding carboxylic acids is 2. The highest BCUT2D eigenvalue weighted by molar-refractivity contribution is 5.89. The zero-order chi connectivity index (χ0) is 26.7. The first kappa shape index (κ1) is 32.6. The maximum atomic E-state index is 11.7. The third-order valence-electron chi connectivity index (χ3n) is 4.34. The van der Waals surface area contributed by atoms with Crippen molar-refractivity contribution in [2.45, 2.75) is 0 Å². The Morgan fingerprint density at radius 1 is 0.514 bits per heavy atom. The maximum absolute atomic E-state index is 11.7. The number of carbonyl (C=O) groups is 2. The molecule has 0 saturated heterocycles. The van der Waals surface area contributed by atoms with Gasteiger partial charge in [0.05, 0.1) is 98.1 Å². The standard InChI is InChI=1S/C26H40O11/c1-2-25(27)36-22-20-34-18-16-32-14-12-30-10-8-29-9-11-31-13-15-33-17-19-35-21-23-37-26(28)24-6-4-3-5-7-24/h2-7H,1,8-23H2. The molecule has 0 amide bonds. The highest BCUT2D eigenvalue weighted by Crippen LogP contribution is 2.00. The van der Waals surface area contributed by atoms with Gasteiger partial charge in [0.15, 0.2) is 0 Å². The van der Waals surface area contributed by atoms with E-state index in [9.17, 15) is 9.59 Å². The van der Waals surface area contributed by atoms with E-state index in [2.05, 4.69) is 6.58 Å². The van der Waals surface area contributed by atoms with Crippen molar-refractivity contribution in [3.63, 3.8) is 0 Å². The molecule has 0 bridgehead atoms. The van der Waals surface area contributed by atoms with Crippen LogP contribution in [0.1, 0.15) is 10.4 Å². The van der Waals surface area contributed by atoms with Gasteiger partial charge in [0.25, 0.3) is 0 Å². The van der Waals surface area contributed by atoms with E-state index in [-0.39, 0.29) is 19.2 Å². The second kappa shape index (κ2) is 25.3. The van der Waals surface area contributed by atoms with Crippen molar-refractivity contribution in [1.29, 1.82) is 0 Å². The van der Waals surface area contributed by atoms with Crippen LogP contribution in [0.15, 0.2) is 43.0 Å². The summed E-state index contributed by atoms with van der Waals surface area (Å²) in [6, 6.07) is 8.83. The minimum atomic E-state index is -0.462. The van der Waals surface area contributed by atoms with Crippen molar-refractivity contribution in [2.24, 2.45) is 0 Å². The Labute approximate surface area is 218 Å². The molecule has 0 aliphatic heterocycles. The highest BCUT2D eigenvalue weighted by atomic mass is 16.6. The minimum absolute atomic E-state index is 0.195. The number of esters is 2. The third-order valence-corrected chi connectivity index (χ3v) is 4.34. The Hall–Kier alpha value is -2.38. The van der Waals surface area contributed by atoms with Crippen LogP contribution in [0.4, 0.5) is 0 Å². The van der Waals surface area contributed by atoms with Crippen LogP contribution >= 0.6 is 0 Å². The molecule has 37 heavy (non-hydrogen) atoms. The monoisotopic (exact) mass is 528 g/mol. The smallest absolute Gasteiger partial charge is 0.338 e. The van der Waals surface area contributed by atoms with Crippen molar-refractivity contribution in [1.82, 2.24) is 0 Å². The Kier molecular flexibility index (Phi) is 22.3. The van der Waals surface area contributed by atoms with Crippen LogP contribution in [-0.2, 0) is 47.4 Å². The van der Waals surface area contributed by atoms with Gasteiger partial charge < -0.3 is 42.6 Å². The van der Waals surface area contributed by atoms with E-state index in [1.807, 2.05) is 6.07 Å². The van der Waals surface area contributed by atoms with Crippen molar-refractivity contribution in [3.8, 4) is 0 Å². The summed E-state index contributed by atoms with van der Waals surface area (Å²) in [6.45, 7) is 9.81. The lowest BCUT2D eigenvalue weighted by Crippen LogP contribution is -2.15. The molecule has 0 spiro atoms. The van der Waals surface area contributed by atoms with Gasteiger partial charge in [0.2, 0.25) is 0 Å². The van der Waals surface area contributed by atoms with Gasteiger partial charge in [-0.05, 0) is 12.1 Å². The molecule has 1 aromatic rings. The topological polar surface area (TPSA) is 117 Å². The average molecular weight is 529 g/mol. The predicted molar refractivity (Wildman–Crippen MR) is 134 cm³/mol. The molecule has 0 N–H and O–H groups in total.